The summed E-state index contributed by atoms with van der Waals surface area (Å²) in [6.45, 7) is 4.55. The van der Waals surface area contributed by atoms with Crippen molar-refractivity contribution in [2.45, 2.75) is 25.3 Å². The minimum Gasteiger partial charge on any atom is -0.468 e. The SMILES string of the molecule is COC(=O)[C@H]1CCCCN1CC(=O)N1CCN(C)CC1. The number of carbonyl (C=O) groups is 2. The highest BCUT2D eigenvalue weighted by Gasteiger charge is 2.32. The molecule has 1 atom stereocenters. The standard InChI is InChI=1S/C14H25N3O3/c1-15-7-9-16(10-8-15)13(18)11-17-6-4-3-5-12(17)14(19)20-2/h12H,3-11H2,1-2H3/t12-/m1/s1. The molecule has 0 radical (unpaired) electrons. The Morgan fingerprint density at radius 3 is 2.45 bits per heavy atom. The van der Waals surface area contributed by atoms with Crippen molar-refractivity contribution < 1.29 is 14.3 Å². The monoisotopic (exact) mass is 283 g/mol. The van der Waals surface area contributed by atoms with Crippen LogP contribution in [-0.2, 0) is 14.3 Å². The van der Waals surface area contributed by atoms with E-state index in [4.69, 9.17) is 4.74 Å². The first kappa shape index (κ1) is 15.3. The molecule has 2 heterocycles. The van der Waals surface area contributed by atoms with E-state index in [9.17, 15) is 9.59 Å². The second-order valence-electron chi connectivity index (χ2n) is 5.69. The van der Waals surface area contributed by atoms with Crippen LogP contribution in [0.2, 0.25) is 0 Å². The van der Waals surface area contributed by atoms with Crippen molar-refractivity contribution in [1.82, 2.24) is 14.7 Å². The second-order valence-corrected chi connectivity index (χ2v) is 5.69. The number of carbonyl (C=O) groups excluding carboxylic acids is 2. The Morgan fingerprint density at radius 2 is 1.80 bits per heavy atom. The van der Waals surface area contributed by atoms with Gasteiger partial charge in [0.25, 0.3) is 0 Å². The number of nitrogens with zero attached hydrogens (tertiary/aromatic N) is 3. The quantitative estimate of drug-likeness (QED) is 0.671. The predicted octanol–water partition coefficient (Wildman–Crippen LogP) is -0.212. The lowest BCUT2D eigenvalue weighted by Crippen LogP contribution is -2.53. The maximum absolute atomic E-state index is 12.3. The van der Waals surface area contributed by atoms with Gasteiger partial charge in [0.15, 0.2) is 0 Å². The zero-order valence-electron chi connectivity index (χ0n) is 12.5. The molecule has 0 unspecified atom stereocenters. The van der Waals surface area contributed by atoms with Gasteiger partial charge in [-0.1, -0.05) is 6.42 Å². The number of hydrogen-bond acceptors (Lipinski definition) is 5. The van der Waals surface area contributed by atoms with E-state index in [1.807, 2.05) is 9.80 Å². The van der Waals surface area contributed by atoms with Crippen LogP contribution >= 0.6 is 0 Å². The van der Waals surface area contributed by atoms with Crippen molar-refractivity contribution in [3.05, 3.63) is 0 Å². The molecule has 1 amide bonds. The third-order valence-electron chi connectivity index (χ3n) is 4.28. The summed E-state index contributed by atoms with van der Waals surface area (Å²) in [5.41, 5.74) is 0. The van der Waals surface area contributed by atoms with Crippen LogP contribution in [-0.4, -0.2) is 86.0 Å². The Morgan fingerprint density at radius 1 is 1.10 bits per heavy atom. The number of hydrogen-bond donors (Lipinski definition) is 0. The molecule has 6 heteroatoms. The average molecular weight is 283 g/mol. The predicted molar refractivity (Wildman–Crippen MR) is 75.3 cm³/mol. The van der Waals surface area contributed by atoms with Crippen molar-refractivity contribution in [3.63, 3.8) is 0 Å². The van der Waals surface area contributed by atoms with E-state index in [1.165, 1.54) is 7.11 Å². The van der Waals surface area contributed by atoms with Crippen LogP contribution in [0.5, 0.6) is 0 Å². The molecular weight excluding hydrogens is 258 g/mol. The summed E-state index contributed by atoms with van der Waals surface area (Å²) in [5, 5.41) is 0. The third kappa shape index (κ3) is 3.70. The number of likely N-dealkylation sites (tertiary alicyclic amines) is 1. The molecule has 0 aromatic carbocycles. The Labute approximate surface area is 120 Å². The van der Waals surface area contributed by atoms with E-state index in [1.54, 1.807) is 0 Å². The number of rotatable bonds is 3. The van der Waals surface area contributed by atoms with Crippen molar-refractivity contribution in [3.8, 4) is 0 Å². The van der Waals surface area contributed by atoms with Gasteiger partial charge >= 0.3 is 5.97 Å². The third-order valence-corrected chi connectivity index (χ3v) is 4.28. The maximum Gasteiger partial charge on any atom is 0.323 e. The molecule has 2 saturated heterocycles. The Balaban J connectivity index is 1.89. The van der Waals surface area contributed by atoms with E-state index in [-0.39, 0.29) is 17.9 Å². The zero-order chi connectivity index (χ0) is 14.5. The molecule has 2 aliphatic heterocycles. The smallest absolute Gasteiger partial charge is 0.323 e. The molecule has 0 aromatic heterocycles. The number of amides is 1. The van der Waals surface area contributed by atoms with Crippen LogP contribution in [0, 0.1) is 0 Å². The Kier molecular flexibility index (Phi) is 5.37. The van der Waals surface area contributed by atoms with Crippen molar-refractivity contribution in [2.75, 3.05) is 53.4 Å². The summed E-state index contributed by atoms with van der Waals surface area (Å²) < 4.78 is 4.85. The van der Waals surface area contributed by atoms with E-state index in [0.717, 1.165) is 52.0 Å². The average Bonchev–Trinajstić information content (AvgIpc) is 2.47. The minimum atomic E-state index is -0.245. The van der Waals surface area contributed by atoms with E-state index in [0.29, 0.717) is 6.54 Å². The topological polar surface area (TPSA) is 53.1 Å². The number of esters is 1. The second kappa shape index (κ2) is 7.04. The van der Waals surface area contributed by atoms with Gasteiger partial charge in [0.2, 0.25) is 5.91 Å². The fraction of sp³-hybridized carbons (Fsp3) is 0.857. The van der Waals surface area contributed by atoms with Crippen molar-refractivity contribution in [2.24, 2.45) is 0 Å². The minimum absolute atomic E-state index is 0.133. The number of likely N-dealkylation sites (N-methyl/N-ethyl adjacent to an activating group) is 1. The van der Waals surface area contributed by atoms with Gasteiger partial charge in [-0.05, 0) is 26.4 Å². The number of methoxy groups -OCH3 is 1. The van der Waals surface area contributed by atoms with E-state index in [2.05, 4.69) is 11.9 Å². The van der Waals surface area contributed by atoms with Gasteiger partial charge in [0, 0.05) is 26.2 Å². The highest BCUT2D eigenvalue weighted by molar-refractivity contribution is 5.80. The summed E-state index contributed by atoms with van der Waals surface area (Å²) in [4.78, 5) is 30.2. The zero-order valence-corrected chi connectivity index (χ0v) is 12.5. The van der Waals surface area contributed by atoms with E-state index < -0.39 is 0 Å². The summed E-state index contributed by atoms with van der Waals surface area (Å²) in [6.07, 6.45) is 2.87. The van der Waals surface area contributed by atoms with Gasteiger partial charge in [0.05, 0.1) is 13.7 Å². The normalized spacial score (nSPS) is 25.5. The van der Waals surface area contributed by atoms with Gasteiger partial charge in [-0.2, -0.15) is 0 Å². The Hall–Kier alpha value is -1.14. The van der Waals surface area contributed by atoms with Crippen LogP contribution in [0.25, 0.3) is 0 Å². The first-order valence-corrected chi connectivity index (χ1v) is 7.40. The highest BCUT2D eigenvalue weighted by atomic mass is 16.5. The van der Waals surface area contributed by atoms with Crippen molar-refractivity contribution in [1.29, 1.82) is 0 Å². The maximum atomic E-state index is 12.3. The summed E-state index contributed by atoms with van der Waals surface area (Å²) in [6, 6.07) is -0.245. The molecule has 114 valence electrons. The molecule has 0 N–H and O–H groups in total. The van der Waals surface area contributed by atoms with Crippen LogP contribution in [0.15, 0.2) is 0 Å². The molecule has 0 spiro atoms. The fourth-order valence-corrected chi connectivity index (χ4v) is 2.91. The largest absolute Gasteiger partial charge is 0.468 e. The highest BCUT2D eigenvalue weighted by Crippen LogP contribution is 2.18. The summed E-state index contributed by atoms with van der Waals surface area (Å²) in [7, 11) is 3.48. The Bertz CT molecular complexity index is 354. The van der Waals surface area contributed by atoms with Crippen LogP contribution in [0.3, 0.4) is 0 Å². The number of piperidine rings is 1. The summed E-state index contributed by atoms with van der Waals surface area (Å²) >= 11 is 0. The van der Waals surface area contributed by atoms with Crippen LogP contribution in [0.4, 0.5) is 0 Å². The van der Waals surface area contributed by atoms with Gasteiger partial charge in [0.1, 0.15) is 6.04 Å². The lowest BCUT2D eigenvalue weighted by Gasteiger charge is -2.37. The lowest BCUT2D eigenvalue weighted by molar-refractivity contribution is -0.149. The summed E-state index contributed by atoms with van der Waals surface area (Å²) in [5.74, 6) is -0.0789. The molecule has 6 nitrogen and oxygen atoms in total. The molecule has 20 heavy (non-hydrogen) atoms. The van der Waals surface area contributed by atoms with Gasteiger partial charge in [-0.25, -0.2) is 0 Å². The first-order valence-electron chi connectivity index (χ1n) is 7.40. The van der Waals surface area contributed by atoms with Crippen molar-refractivity contribution >= 4 is 11.9 Å². The molecule has 0 bridgehead atoms. The van der Waals surface area contributed by atoms with Gasteiger partial charge in [-0.3, -0.25) is 14.5 Å². The fourth-order valence-electron chi connectivity index (χ4n) is 2.91. The van der Waals surface area contributed by atoms with Crippen LogP contribution < -0.4 is 0 Å². The molecular formula is C14H25N3O3. The lowest BCUT2D eigenvalue weighted by atomic mass is 10.0. The molecule has 2 fully saturated rings. The van der Waals surface area contributed by atoms with Crippen LogP contribution in [0.1, 0.15) is 19.3 Å². The molecule has 0 saturated carbocycles. The molecule has 2 aliphatic rings. The van der Waals surface area contributed by atoms with Gasteiger partial charge < -0.3 is 14.5 Å². The molecule has 0 aliphatic carbocycles. The molecule has 0 aromatic rings. The van der Waals surface area contributed by atoms with E-state index >= 15 is 0 Å². The first-order chi connectivity index (χ1) is 9.61. The molecule has 2 rings (SSSR count). The number of ether oxygens (including phenoxy) is 1. The number of piperazine rings is 1. The van der Waals surface area contributed by atoms with Gasteiger partial charge in [-0.15, -0.1) is 0 Å².